The zero-order valence-electron chi connectivity index (χ0n) is 15.6. The third-order valence-corrected chi connectivity index (χ3v) is 4.90. The highest BCUT2D eigenvalue weighted by atomic mass is 35.5. The van der Waals surface area contributed by atoms with Crippen molar-refractivity contribution in [3.8, 4) is 0 Å². The Bertz CT molecular complexity index is 925. The van der Waals surface area contributed by atoms with Gasteiger partial charge in [-0.2, -0.15) is 15.3 Å². The molecular weight excluding hydrogens is 384 g/mol. The van der Waals surface area contributed by atoms with Gasteiger partial charge in [-0.15, -0.1) is 0 Å². The fourth-order valence-electron chi connectivity index (χ4n) is 2.82. The summed E-state index contributed by atoms with van der Waals surface area (Å²) in [5, 5.41) is 20.4. The van der Waals surface area contributed by atoms with Gasteiger partial charge in [0.15, 0.2) is 5.11 Å². The van der Waals surface area contributed by atoms with E-state index in [-0.39, 0.29) is 0 Å². The lowest BCUT2D eigenvalue weighted by Gasteiger charge is -2.10. The number of nitrogens with one attached hydrogen (secondary N) is 2. The summed E-state index contributed by atoms with van der Waals surface area (Å²) < 4.78 is 5.68. The first-order chi connectivity index (χ1) is 13.0. The quantitative estimate of drug-likeness (QED) is 0.587. The fraction of sp³-hybridized carbons (Fsp3) is 0.412. The number of rotatable bonds is 7. The van der Waals surface area contributed by atoms with Crippen molar-refractivity contribution in [2.75, 3.05) is 5.32 Å². The molecule has 0 unspecified atom stereocenters. The number of hydrogen-bond acceptors (Lipinski definition) is 4. The average molecular weight is 407 g/mol. The number of aryl methyl sites for hydroxylation is 2. The summed E-state index contributed by atoms with van der Waals surface area (Å²) in [7, 11) is 0. The summed E-state index contributed by atoms with van der Waals surface area (Å²) >= 11 is 11.5. The predicted octanol–water partition coefficient (Wildman–Crippen LogP) is 2.81. The van der Waals surface area contributed by atoms with Crippen LogP contribution in [0.15, 0.2) is 24.8 Å². The molecule has 8 nitrogen and oxygen atoms in total. The van der Waals surface area contributed by atoms with E-state index in [1.165, 1.54) is 0 Å². The van der Waals surface area contributed by atoms with Gasteiger partial charge in [0.05, 0.1) is 48.1 Å². The van der Waals surface area contributed by atoms with Crippen molar-refractivity contribution < 1.29 is 0 Å². The molecule has 0 aliphatic rings. The van der Waals surface area contributed by atoms with Gasteiger partial charge in [0, 0.05) is 30.5 Å². The number of hydrogen-bond donors (Lipinski definition) is 2. The largest absolute Gasteiger partial charge is 0.357 e. The van der Waals surface area contributed by atoms with Gasteiger partial charge >= 0.3 is 0 Å². The van der Waals surface area contributed by atoms with Gasteiger partial charge in [0.1, 0.15) is 0 Å². The van der Waals surface area contributed by atoms with Crippen LogP contribution >= 0.6 is 23.8 Å². The molecule has 3 heterocycles. The molecule has 0 spiro atoms. The van der Waals surface area contributed by atoms with Crippen LogP contribution in [0.5, 0.6) is 0 Å². The molecule has 144 valence electrons. The lowest BCUT2D eigenvalue weighted by molar-refractivity contribution is 0.614. The smallest absolute Gasteiger partial charge is 0.171 e. The van der Waals surface area contributed by atoms with Crippen LogP contribution in [0.1, 0.15) is 30.8 Å². The van der Waals surface area contributed by atoms with Crippen LogP contribution in [0.3, 0.4) is 0 Å². The molecule has 0 saturated carbocycles. The maximum atomic E-state index is 6.17. The van der Waals surface area contributed by atoms with E-state index in [4.69, 9.17) is 23.8 Å². The van der Waals surface area contributed by atoms with Gasteiger partial charge in [-0.05, 0) is 33.0 Å². The second-order valence-electron chi connectivity index (χ2n) is 6.06. The molecule has 0 aliphatic heterocycles. The molecule has 10 heteroatoms. The lowest BCUT2D eigenvalue weighted by atomic mass is 10.2. The summed E-state index contributed by atoms with van der Waals surface area (Å²) in [5.74, 6) is 0. The summed E-state index contributed by atoms with van der Waals surface area (Å²) in [6.07, 6.45) is 7.20. The topological polar surface area (TPSA) is 77.5 Å². The minimum absolute atomic E-state index is 0.502. The van der Waals surface area contributed by atoms with Crippen LogP contribution in [0, 0.1) is 6.92 Å². The second kappa shape index (κ2) is 8.53. The highest BCUT2D eigenvalue weighted by molar-refractivity contribution is 7.80. The number of anilines is 1. The first kappa shape index (κ1) is 19.4. The van der Waals surface area contributed by atoms with E-state index in [9.17, 15) is 0 Å². The molecule has 0 atom stereocenters. The van der Waals surface area contributed by atoms with Crippen LogP contribution in [-0.2, 0) is 26.2 Å². The average Bonchev–Trinajstić information content (AvgIpc) is 3.34. The Balaban J connectivity index is 1.56. The third-order valence-electron chi connectivity index (χ3n) is 4.34. The molecule has 3 aromatic rings. The maximum absolute atomic E-state index is 6.17. The number of thiocarbonyl (C=S) groups is 1. The van der Waals surface area contributed by atoms with Crippen LogP contribution in [0.4, 0.5) is 5.69 Å². The Morgan fingerprint density at radius 3 is 2.56 bits per heavy atom. The molecule has 0 aromatic carbocycles. The highest BCUT2D eigenvalue weighted by Crippen LogP contribution is 2.15. The van der Waals surface area contributed by atoms with E-state index >= 15 is 0 Å². The van der Waals surface area contributed by atoms with E-state index in [1.54, 1.807) is 12.4 Å². The Morgan fingerprint density at radius 1 is 1.11 bits per heavy atom. The molecule has 0 bridgehead atoms. The Labute approximate surface area is 168 Å². The molecule has 0 amide bonds. The Hall–Kier alpha value is -2.39. The minimum Gasteiger partial charge on any atom is -0.357 e. The van der Waals surface area contributed by atoms with E-state index in [0.717, 1.165) is 35.7 Å². The second-order valence-corrected chi connectivity index (χ2v) is 6.88. The molecule has 0 fully saturated rings. The van der Waals surface area contributed by atoms with Crippen molar-refractivity contribution in [2.24, 2.45) is 0 Å². The van der Waals surface area contributed by atoms with Crippen LogP contribution in [0.25, 0.3) is 0 Å². The molecule has 0 radical (unpaired) electrons. The normalized spacial score (nSPS) is 11.0. The van der Waals surface area contributed by atoms with Crippen LogP contribution in [0.2, 0.25) is 5.02 Å². The van der Waals surface area contributed by atoms with Gasteiger partial charge in [0.2, 0.25) is 0 Å². The van der Waals surface area contributed by atoms with Crippen molar-refractivity contribution in [3.05, 3.63) is 46.8 Å². The third kappa shape index (κ3) is 4.48. The van der Waals surface area contributed by atoms with Crippen molar-refractivity contribution in [1.29, 1.82) is 0 Å². The molecule has 0 saturated heterocycles. The zero-order valence-corrected chi connectivity index (χ0v) is 17.2. The molecule has 3 rings (SSSR count). The van der Waals surface area contributed by atoms with E-state index in [2.05, 4.69) is 39.8 Å². The Kier molecular flexibility index (Phi) is 6.12. The van der Waals surface area contributed by atoms with E-state index in [0.29, 0.717) is 23.2 Å². The SMILES string of the molecule is CCn1ncc(Cn2cc(NC(=S)NCc3c(Cl)cnn3CC)cn2)c1C. The van der Waals surface area contributed by atoms with Crippen LogP contribution < -0.4 is 10.6 Å². The van der Waals surface area contributed by atoms with Crippen molar-refractivity contribution in [3.63, 3.8) is 0 Å². The van der Waals surface area contributed by atoms with Gasteiger partial charge in [-0.3, -0.25) is 14.0 Å². The first-order valence-corrected chi connectivity index (χ1v) is 9.59. The number of aromatic nitrogens is 6. The summed E-state index contributed by atoms with van der Waals surface area (Å²) in [6, 6.07) is 0. The molecule has 2 N–H and O–H groups in total. The van der Waals surface area contributed by atoms with Gasteiger partial charge < -0.3 is 10.6 Å². The van der Waals surface area contributed by atoms with Crippen molar-refractivity contribution in [2.45, 2.75) is 47.0 Å². The fourth-order valence-corrected chi connectivity index (χ4v) is 3.22. The summed E-state index contributed by atoms with van der Waals surface area (Å²) in [6.45, 7) is 8.95. The first-order valence-electron chi connectivity index (χ1n) is 8.80. The summed E-state index contributed by atoms with van der Waals surface area (Å²) in [4.78, 5) is 0. The van der Waals surface area contributed by atoms with Gasteiger partial charge in [-0.1, -0.05) is 11.6 Å². The monoisotopic (exact) mass is 406 g/mol. The maximum Gasteiger partial charge on any atom is 0.171 e. The predicted molar refractivity (Wildman–Crippen MR) is 110 cm³/mol. The highest BCUT2D eigenvalue weighted by Gasteiger charge is 2.10. The Morgan fingerprint density at radius 2 is 1.85 bits per heavy atom. The lowest BCUT2D eigenvalue weighted by Crippen LogP contribution is -2.28. The standard InChI is InChI=1S/C17H23ClN8S/c1-4-25-12(3)13(6-21-25)10-24-11-14(7-20-24)23-17(27)19-9-16-15(18)8-22-26(16)5-2/h6-8,11H,4-5,9-10H2,1-3H3,(H2,19,23,27). The molecule has 3 aromatic heterocycles. The number of nitrogens with zero attached hydrogens (tertiary/aromatic N) is 6. The van der Waals surface area contributed by atoms with E-state index in [1.807, 2.05) is 33.4 Å². The molecule has 27 heavy (non-hydrogen) atoms. The number of halogens is 1. The van der Waals surface area contributed by atoms with E-state index < -0.39 is 0 Å². The van der Waals surface area contributed by atoms with Crippen LogP contribution in [-0.4, -0.2) is 34.5 Å². The zero-order chi connectivity index (χ0) is 19.4. The molecule has 0 aliphatic carbocycles. The van der Waals surface area contributed by atoms with Crippen molar-refractivity contribution >= 4 is 34.6 Å². The summed E-state index contributed by atoms with van der Waals surface area (Å²) in [5.41, 5.74) is 4.03. The minimum atomic E-state index is 0.502. The molecular formula is C17H23ClN8S. The van der Waals surface area contributed by atoms with Gasteiger partial charge in [-0.25, -0.2) is 0 Å². The van der Waals surface area contributed by atoms with Gasteiger partial charge in [0.25, 0.3) is 0 Å². The van der Waals surface area contributed by atoms with Crippen molar-refractivity contribution in [1.82, 2.24) is 34.7 Å².